The third-order valence-corrected chi connectivity index (χ3v) is 3.68. The van der Waals surface area contributed by atoms with E-state index in [9.17, 15) is 5.11 Å². The summed E-state index contributed by atoms with van der Waals surface area (Å²) in [5, 5.41) is 22.3. The third kappa shape index (κ3) is 5.89. The minimum Gasteiger partial charge on any atom is -0.411 e. The van der Waals surface area contributed by atoms with Crippen LogP contribution in [0.15, 0.2) is 5.16 Å². The summed E-state index contributed by atoms with van der Waals surface area (Å²) in [4.78, 5) is 2.23. The largest absolute Gasteiger partial charge is 0.411 e. The number of ether oxygens (including phenoxy) is 1. The Kier molecular flexibility index (Phi) is 8.02. The van der Waals surface area contributed by atoms with Crippen LogP contribution in [0.4, 0.5) is 0 Å². The molecular weight excluding hydrogens is 244 g/mol. The first-order chi connectivity index (χ1) is 9.21. The van der Waals surface area contributed by atoms with E-state index in [1.807, 2.05) is 0 Å². The van der Waals surface area contributed by atoms with Crippen LogP contribution in [0.3, 0.4) is 0 Å². The summed E-state index contributed by atoms with van der Waals surface area (Å²) in [5.41, 5.74) is 0.896. The van der Waals surface area contributed by atoms with Crippen molar-refractivity contribution in [1.29, 1.82) is 0 Å². The average Bonchev–Trinajstić information content (AvgIpc) is 2.43. The molecule has 19 heavy (non-hydrogen) atoms. The first kappa shape index (κ1) is 16.4. The lowest BCUT2D eigenvalue weighted by molar-refractivity contribution is 0.0133. The Morgan fingerprint density at radius 2 is 2.26 bits per heavy atom. The molecule has 1 heterocycles. The molecule has 0 bridgehead atoms. The molecule has 0 amide bonds. The fourth-order valence-electron chi connectivity index (χ4n) is 2.46. The number of β-amino-alcohol motifs (C(OH)–C–C–N with tert-alkyl or cyclic N) is 1. The lowest BCUT2D eigenvalue weighted by Gasteiger charge is -2.33. The minimum atomic E-state index is -0.429. The van der Waals surface area contributed by atoms with Crippen LogP contribution in [0, 0.1) is 5.92 Å². The van der Waals surface area contributed by atoms with Gasteiger partial charge >= 0.3 is 0 Å². The summed E-state index contributed by atoms with van der Waals surface area (Å²) in [5.74, 6) is 0.312. The van der Waals surface area contributed by atoms with E-state index < -0.39 is 6.10 Å². The van der Waals surface area contributed by atoms with Crippen LogP contribution in [0.5, 0.6) is 0 Å². The van der Waals surface area contributed by atoms with E-state index >= 15 is 0 Å². The highest BCUT2D eigenvalue weighted by atomic mass is 16.5. The first-order valence-electron chi connectivity index (χ1n) is 7.40. The van der Waals surface area contributed by atoms with E-state index in [1.165, 1.54) is 0 Å². The van der Waals surface area contributed by atoms with Crippen LogP contribution < -0.4 is 0 Å². The second kappa shape index (κ2) is 9.28. The Balaban J connectivity index is 2.25. The molecule has 0 aromatic rings. The van der Waals surface area contributed by atoms with E-state index in [0.717, 1.165) is 51.1 Å². The highest BCUT2D eigenvalue weighted by molar-refractivity contribution is 5.87. The maximum Gasteiger partial charge on any atom is 0.0900 e. The van der Waals surface area contributed by atoms with Crippen LogP contribution in [-0.2, 0) is 4.74 Å². The number of piperidine rings is 1. The van der Waals surface area contributed by atoms with E-state index in [2.05, 4.69) is 23.9 Å². The number of nitrogens with zero attached hydrogens (tertiary/aromatic N) is 2. The molecule has 2 unspecified atom stereocenters. The van der Waals surface area contributed by atoms with Crippen LogP contribution in [-0.4, -0.2) is 59.9 Å². The van der Waals surface area contributed by atoms with Crippen molar-refractivity contribution in [3.8, 4) is 0 Å². The van der Waals surface area contributed by atoms with Crippen LogP contribution >= 0.6 is 0 Å². The van der Waals surface area contributed by atoms with E-state index in [-0.39, 0.29) is 0 Å². The number of aliphatic hydroxyl groups excluding tert-OH is 1. The molecule has 112 valence electrons. The van der Waals surface area contributed by atoms with Gasteiger partial charge in [-0.3, -0.25) is 4.90 Å². The normalized spacial score (nSPS) is 24.8. The molecule has 0 radical (unpaired) electrons. The highest BCUT2D eigenvalue weighted by Gasteiger charge is 2.25. The summed E-state index contributed by atoms with van der Waals surface area (Å²) >= 11 is 0. The second-order valence-electron chi connectivity index (χ2n) is 5.29. The highest BCUT2D eigenvalue weighted by Crippen LogP contribution is 2.17. The smallest absolute Gasteiger partial charge is 0.0900 e. The van der Waals surface area contributed by atoms with E-state index in [0.29, 0.717) is 19.1 Å². The van der Waals surface area contributed by atoms with Gasteiger partial charge in [0.2, 0.25) is 0 Å². The lowest BCUT2D eigenvalue weighted by atomic mass is 9.93. The molecule has 5 nitrogen and oxygen atoms in total. The monoisotopic (exact) mass is 272 g/mol. The Hall–Kier alpha value is -0.650. The van der Waals surface area contributed by atoms with Crippen molar-refractivity contribution in [3.05, 3.63) is 0 Å². The van der Waals surface area contributed by atoms with Gasteiger partial charge in [0.1, 0.15) is 0 Å². The van der Waals surface area contributed by atoms with Crippen LogP contribution in [0.2, 0.25) is 0 Å². The van der Waals surface area contributed by atoms with Crippen LogP contribution in [0.1, 0.15) is 39.5 Å². The van der Waals surface area contributed by atoms with Crippen LogP contribution in [0.25, 0.3) is 0 Å². The van der Waals surface area contributed by atoms with Gasteiger partial charge < -0.3 is 15.1 Å². The molecule has 0 aliphatic carbocycles. The summed E-state index contributed by atoms with van der Waals surface area (Å²) < 4.78 is 5.43. The zero-order valence-corrected chi connectivity index (χ0v) is 12.2. The van der Waals surface area contributed by atoms with Crippen molar-refractivity contribution in [2.45, 2.75) is 45.6 Å². The molecule has 1 saturated heterocycles. The van der Waals surface area contributed by atoms with Gasteiger partial charge in [0, 0.05) is 38.6 Å². The molecule has 1 fully saturated rings. The number of oxime groups is 1. The van der Waals surface area contributed by atoms with Gasteiger partial charge in [-0.25, -0.2) is 0 Å². The Bertz CT molecular complexity index is 271. The molecule has 0 aromatic heterocycles. The fourth-order valence-corrected chi connectivity index (χ4v) is 2.46. The molecular formula is C14H28N2O3. The van der Waals surface area contributed by atoms with Crippen molar-refractivity contribution in [3.63, 3.8) is 0 Å². The lowest BCUT2D eigenvalue weighted by Crippen LogP contribution is -2.44. The summed E-state index contributed by atoms with van der Waals surface area (Å²) in [6, 6.07) is 0. The number of rotatable bonds is 8. The van der Waals surface area contributed by atoms with Gasteiger partial charge in [0.15, 0.2) is 0 Å². The third-order valence-electron chi connectivity index (χ3n) is 3.68. The quantitative estimate of drug-likeness (QED) is 0.401. The van der Waals surface area contributed by atoms with Crippen molar-refractivity contribution in [1.82, 2.24) is 4.90 Å². The molecule has 0 aromatic carbocycles. The van der Waals surface area contributed by atoms with E-state index in [4.69, 9.17) is 9.94 Å². The van der Waals surface area contributed by atoms with Gasteiger partial charge in [-0.2, -0.15) is 0 Å². The van der Waals surface area contributed by atoms with Gasteiger partial charge in [0.25, 0.3) is 0 Å². The zero-order chi connectivity index (χ0) is 14.1. The Morgan fingerprint density at radius 3 is 2.89 bits per heavy atom. The number of hydrogen-bond acceptors (Lipinski definition) is 5. The van der Waals surface area contributed by atoms with Gasteiger partial charge in [0.05, 0.1) is 18.4 Å². The molecule has 2 N–H and O–H groups in total. The van der Waals surface area contributed by atoms with Gasteiger partial charge in [-0.15, -0.1) is 0 Å². The van der Waals surface area contributed by atoms with Crippen molar-refractivity contribution >= 4 is 5.71 Å². The van der Waals surface area contributed by atoms with Crippen molar-refractivity contribution in [2.24, 2.45) is 11.1 Å². The molecule has 1 rings (SSSR count). The van der Waals surface area contributed by atoms with Gasteiger partial charge in [-0.1, -0.05) is 25.4 Å². The average molecular weight is 272 g/mol. The minimum absolute atomic E-state index is 0.312. The first-order valence-corrected chi connectivity index (χ1v) is 7.40. The molecule has 0 spiro atoms. The van der Waals surface area contributed by atoms with Crippen molar-refractivity contribution < 1.29 is 15.1 Å². The number of likely N-dealkylation sites (tertiary alicyclic amines) is 1. The second-order valence-corrected chi connectivity index (χ2v) is 5.29. The Morgan fingerprint density at radius 1 is 1.47 bits per heavy atom. The molecule has 5 heteroatoms. The number of unbranched alkanes of at least 4 members (excludes halogenated alkanes) is 1. The summed E-state index contributed by atoms with van der Waals surface area (Å²) in [6.07, 6.45) is 3.49. The summed E-state index contributed by atoms with van der Waals surface area (Å²) in [6.45, 7) is 7.72. The molecule has 2 atom stereocenters. The Labute approximate surface area is 116 Å². The maximum absolute atomic E-state index is 9.94. The fraction of sp³-hybridized carbons (Fsp3) is 0.929. The SMILES string of the molecule is CCCCOCC(O)CN1CCC(=NO)C(CC)C1. The van der Waals surface area contributed by atoms with Gasteiger partial charge in [-0.05, 0) is 12.8 Å². The topological polar surface area (TPSA) is 65.3 Å². The zero-order valence-electron chi connectivity index (χ0n) is 12.2. The predicted octanol–water partition coefficient (Wildman–Crippen LogP) is 1.73. The number of aliphatic hydroxyl groups is 1. The molecule has 0 saturated carbocycles. The maximum atomic E-state index is 9.94. The van der Waals surface area contributed by atoms with E-state index in [1.54, 1.807) is 0 Å². The number of hydrogen-bond donors (Lipinski definition) is 2. The summed E-state index contributed by atoms with van der Waals surface area (Å²) in [7, 11) is 0. The predicted molar refractivity (Wildman–Crippen MR) is 75.8 cm³/mol. The standard InChI is InChI=1S/C14H28N2O3/c1-3-5-8-19-11-13(17)10-16-7-6-14(15-18)12(4-2)9-16/h12-13,17-18H,3-11H2,1-2H3. The van der Waals surface area contributed by atoms with Crippen molar-refractivity contribution in [2.75, 3.05) is 32.8 Å². The molecule has 1 aliphatic heterocycles. The molecule has 1 aliphatic rings.